The maximum Gasteiger partial charge on any atom is 0.326 e. The third-order valence-corrected chi connectivity index (χ3v) is 6.04. The monoisotopic (exact) mass is 509 g/mol. The van der Waals surface area contributed by atoms with Gasteiger partial charge in [-0.3, -0.25) is 4.79 Å². The van der Waals surface area contributed by atoms with Gasteiger partial charge in [-0.1, -0.05) is 97.1 Å². The molecule has 0 saturated heterocycles. The Morgan fingerprint density at radius 1 is 0.658 bits per heavy atom. The second-order valence-corrected chi connectivity index (χ2v) is 8.98. The van der Waals surface area contributed by atoms with E-state index in [9.17, 15) is 14.7 Å². The van der Waals surface area contributed by atoms with Gasteiger partial charge in [0, 0.05) is 12.8 Å². The Balaban J connectivity index is 1.44. The fourth-order valence-corrected chi connectivity index (χ4v) is 3.99. The molecule has 38 heavy (non-hydrogen) atoms. The fraction of sp³-hybridized carbons (Fsp3) is 0.188. The Kier molecular flexibility index (Phi) is 9.51. The standard InChI is InChI=1S/C32H31NO5/c34-31(19-17-24-10-4-1-5-11-24)33-28(32(35)36)20-27-16-18-29(37-22-25-12-6-2-7-13-25)30(21-27)38-23-26-14-8-3-9-15-26/h1-16,18,21,28H,17,19-20,22-23H2,(H,33,34)(H,35,36)/t28-/m0/s1. The van der Waals surface area contributed by atoms with Crippen molar-refractivity contribution in [2.24, 2.45) is 0 Å². The molecule has 4 rings (SSSR count). The van der Waals surface area contributed by atoms with E-state index in [2.05, 4.69) is 5.32 Å². The summed E-state index contributed by atoms with van der Waals surface area (Å²) in [6, 6.07) is 33.6. The van der Waals surface area contributed by atoms with Gasteiger partial charge in [-0.25, -0.2) is 4.79 Å². The molecule has 0 spiro atoms. The number of amides is 1. The van der Waals surface area contributed by atoms with Crippen LogP contribution in [-0.4, -0.2) is 23.0 Å². The van der Waals surface area contributed by atoms with E-state index in [0.29, 0.717) is 31.1 Å². The minimum atomic E-state index is -1.09. The molecule has 0 bridgehead atoms. The summed E-state index contributed by atoms with van der Waals surface area (Å²) < 4.78 is 12.1. The molecule has 0 aliphatic heterocycles. The first-order chi connectivity index (χ1) is 18.6. The molecule has 0 aliphatic carbocycles. The number of rotatable bonds is 13. The number of hydrogen-bond donors (Lipinski definition) is 2. The number of carboxylic acid groups (broad SMARTS) is 1. The minimum Gasteiger partial charge on any atom is -0.485 e. The summed E-state index contributed by atoms with van der Waals surface area (Å²) in [4.78, 5) is 24.5. The average molecular weight is 510 g/mol. The van der Waals surface area contributed by atoms with E-state index in [-0.39, 0.29) is 18.7 Å². The predicted molar refractivity (Wildman–Crippen MR) is 146 cm³/mol. The number of carbonyl (C=O) groups is 2. The van der Waals surface area contributed by atoms with Crippen LogP contribution in [0.5, 0.6) is 11.5 Å². The highest BCUT2D eigenvalue weighted by molar-refractivity contribution is 5.83. The zero-order valence-corrected chi connectivity index (χ0v) is 21.1. The van der Waals surface area contributed by atoms with Crippen molar-refractivity contribution >= 4 is 11.9 Å². The van der Waals surface area contributed by atoms with Crippen molar-refractivity contribution in [3.05, 3.63) is 131 Å². The summed E-state index contributed by atoms with van der Waals surface area (Å²) >= 11 is 0. The van der Waals surface area contributed by atoms with Crippen LogP contribution in [0.25, 0.3) is 0 Å². The molecule has 0 saturated carbocycles. The number of aryl methyl sites for hydroxylation is 1. The molecule has 0 radical (unpaired) electrons. The van der Waals surface area contributed by atoms with Crippen molar-refractivity contribution in [1.29, 1.82) is 0 Å². The summed E-state index contributed by atoms with van der Waals surface area (Å²) in [6.45, 7) is 0.710. The average Bonchev–Trinajstić information content (AvgIpc) is 2.95. The molecular formula is C32H31NO5. The van der Waals surface area contributed by atoms with Gasteiger partial charge >= 0.3 is 5.97 Å². The highest BCUT2D eigenvalue weighted by Crippen LogP contribution is 2.30. The molecule has 0 fully saturated rings. The lowest BCUT2D eigenvalue weighted by molar-refractivity contribution is -0.141. The summed E-state index contributed by atoms with van der Waals surface area (Å²) in [5.74, 6) is -0.312. The number of hydrogen-bond acceptors (Lipinski definition) is 4. The Morgan fingerprint density at radius 2 is 1.18 bits per heavy atom. The molecule has 4 aromatic rings. The summed E-state index contributed by atoms with van der Waals surface area (Å²) in [5.41, 5.74) is 3.77. The number of benzene rings is 4. The van der Waals surface area contributed by atoms with Gasteiger partial charge in [0.1, 0.15) is 19.3 Å². The largest absolute Gasteiger partial charge is 0.485 e. The maximum atomic E-state index is 12.5. The third kappa shape index (κ3) is 8.23. The van der Waals surface area contributed by atoms with Crippen molar-refractivity contribution in [3.63, 3.8) is 0 Å². The number of carbonyl (C=O) groups excluding carboxylic acids is 1. The Bertz CT molecular complexity index is 1310. The van der Waals surface area contributed by atoms with Gasteiger partial charge < -0.3 is 19.9 Å². The molecule has 4 aromatic carbocycles. The van der Waals surface area contributed by atoms with Gasteiger partial charge in [-0.15, -0.1) is 0 Å². The smallest absolute Gasteiger partial charge is 0.326 e. The van der Waals surface area contributed by atoms with Crippen LogP contribution >= 0.6 is 0 Å². The zero-order valence-electron chi connectivity index (χ0n) is 21.1. The molecule has 0 aromatic heterocycles. The van der Waals surface area contributed by atoms with E-state index >= 15 is 0 Å². The minimum absolute atomic E-state index is 0.118. The van der Waals surface area contributed by atoms with Crippen molar-refractivity contribution in [2.45, 2.75) is 38.5 Å². The molecule has 194 valence electrons. The van der Waals surface area contributed by atoms with Gasteiger partial charge in [0.05, 0.1) is 0 Å². The lowest BCUT2D eigenvalue weighted by Gasteiger charge is -2.17. The van der Waals surface area contributed by atoms with E-state index in [0.717, 1.165) is 22.3 Å². The highest BCUT2D eigenvalue weighted by Gasteiger charge is 2.21. The predicted octanol–water partition coefficient (Wildman–Crippen LogP) is 5.59. The first-order valence-electron chi connectivity index (χ1n) is 12.6. The SMILES string of the molecule is O=C(CCc1ccccc1)N[C@@H](Cc1ccc(OCc2ccccc2)c(OCc2ccccc2)c1)C(=O)O. The molecular weight excluding hydrogens is 478 g/mol. The number of carboxylic acids is 1. The lowest BCUT2D eigenvalue weighted by Crippen LogP contribution is -2.42. The molecule has 6 nitrogen and oxygen atoms in total. The molecule has 1 amide bonds. The van der Waals surface area contributed by atoms with Gasteiger partial charge in [-0.05, 0) is 40.8 Å². The second kappa shape index (κ2) is 13.7. The first-order valence-corrected chi connectivity index (χ1v) is 12.6. The lowest BCUT2D eigenvalue weighted by atomic mass is 10.0. The number of aliphatic carboxylic acids is 1. The van der Waals surface area contributed by atoms with E-state index < -0.39 is 12.0 Å². The molecule has 0 aliphatic rings. The van der Waals surface area contributed by atoms with Gasteiger partial charge in [0.2, 0.25) is 5.91 Å². The summed E-state index contributed by atoms with van der Waals surface area (Å²) in [5, 5.41) is 12.4. The summed E-state index contributed by atoms with van der Waals surface area (Å²) in [6.07, 6.45) is 0.877. The van der Waals surface area contributed by atoms with E-state index in [1.165, 1.54) is 0 Å². The van der Waals surface area contributed by atoms with Crippen LogP contribution in [0.3, 0.4) is 0 Å². The Labute approximate surface area is 222 Å². The fourth-order valence-electron chi connectivity index (χ4n) is 3.99. The first kappa shape index (κ1) is 26.5. The van der Waals surface area contributed by atoms with E-state index in [4.69, 9.17) is 9.47 Å². The molecule has 0 heterocycles. The summed E-state index contributed by atoms with van der Waals surface area (Å²) in [7, 11) is 0. The quantitative estimate of drug-likeness (QED) is 0.245. The maximum absolute atomic E-state index is 12.5. The van der Waals surface area contributed by atoms with Crippen LogP contribution in [0.4, 0.5) is 0 Å². The molecule has 1 atom stereocenters. The Hall–Kier alpha value is -4.58. The van der Waals surface area contributed by atoms with Crippen LogP contribution in [0.1, 0.15) is 28.7 Å². The van der Waals surface area contributed by atoms with Crippen molar-refractivity contribution in [1.82, 2.24) is 5.32 Å². The number of nitrogens with one attached hydrogen (secondary N) is 1. The van der Waals surface area contributed by atoms with E-state index in [1.54, 1.807) is 12.1 Å². The van der Waals surface area contributed by atoms with Crippen LogP contribution in [0.2, 0.25) is 0 Å². The Morgan fingerprint density at radius 3 is 1.74 bits per heavy atom. The molecule has 0 unspecified atom stereocenters. The number of ether oxygens (including phenoxy) is 2. The van der Waals surface area contributed by atoms with E-state index in [1.807, 2.05) is 97.1 Å². The van der Waals surface area contributed by atoms with Gasteiger partial charge in [-0.2, -0.15) is 0 Å². The van der Waals surface area contributed by atoms with Gasteiger partial charge in [0.25, 0.3) is 0 Å². The zero-order chi connectivity index (χ0) is 26.6. The van der Waals surface area contributed by atoms with Crippen LogP contribution in [0, 0.1) is 0 Å². The van der Waals surface area contributed by atoms with Crippen molar-refractivity contribution < 1.29 is 24.2 Å². The van der Waals surface area contributed by atoms with Crippen molar-refractivity contribution in [3.8, 4) is 11.5 Å². The van der Waals surface area contributed by atoms with Crippen LogP contribution < -0.4 is 14.8 Å². The second-order valence-electron chi connectivity index (χ2n) is 8.98. The van der Waals surface area contributed by atoms with Crippen LogP contribution in [0.15, 0.2) is 109 Å². The van der Waals surface area contributed by atoms with Crippen molar-refractivity contribution in [2.75, 3.05) is 0 Å². The van der Waals surface area contributed by atoms with Crippen LogP contribution in [-0.2, 0) is 35.6 Å². The molecule has 6 heteroatoms. The topological polar surface area (TPSA) is 84.9 Å². The highest BCUT2D eigenvalue weighted by atomic mass is 16.5. The third-order valence-electron chi connectivity index (χ3n) is 6.04. The van der Waals surface area contributed by atoms with Gasteiger partial charge in [0.15, 0.2) is 11.5 Å². The molecule has 2 N–H and O–H groups in total. The normalized spacial score (nSPS) is 11.4.